The normalized spacial score (nSPS) is 19.4. The smallest absolute Gasteiger partial charge is 0.0749 e. The van der Waals surface area contributed by atoms with Gasteiger partial charge in [-0.1, -0.05) is 18.2 Å². The molecule has 1 aromatic carbocycles. The zero-order valence-electron chi connectivity index (χ0n) is 12.0. The summed E-state index contributed by atoms with van der Waals surface area (Å²) in [6.45, 7) is 5.84. The van der Waals surface area contributed by atoms with E-state index in [9.17, 15) is 0 Å². The van der Waals surface area contributed by atoms with Gasteiger partial charge in [-0.3, -0.25) is 0 Å². The van der Waals surface area contributed by atoms with Gasteiger partial charge in [0.1, 0.15) is 0 Å². The Morgan fingerprint density at radius 2 is 2.16 bits per heavy atom. The van der Waals surface area contributed by atoms with Crippen molar-refractivity contribution in [3.63, 3.8) is 0 Å². The van der Waals surface area contributed by atoms with Crippen LogP contribution in [-0.2, 0) is 4.74 Å². The van der Waals surface area contributed by atoms with Crippen molar-refractivity contribution in [2.75, 3.05) is 31.1 Å². The van der Waals surface area contributed by atoms with E-state index < -0.39 is 0 Å². The summed E-state index contributed by atoms with van der Waals surface area (Å²) in [4.78, 5) is 2.44. The van der Waals surface area contributed by atoms with Crippen LogP contribution in [-0.4, -0.2) is 32.3 Å². The fraction of sp³-hybridized carbons (Fsp3) is 0.625. The van der Waals surface area contributed by atoms with Crippen LogP contribution in [0.5, 0.6) is 0 Å². The van der Waals surface area contributed by atoms with E-state index in [1.54, 1.807) is 0 Å². The maximum Gasteiger partial charge on any atom is 0.0749 e. The Balaban J connectivity index is 2.04. The second-order valence-corrected chi connectivity index (χ2v) is 5.36. The van der Waals surface area contributed by atoms with Gasteiger partial charge in [-0.25, -0.2) is 0 Å². The summed E-state index contributed by atoms with van der Waals surface area (Å²) >= 11 is 0. The lowest BCUT2D eigenvalue weighted by molar-refractivity contribution is 0.0209. The molecule has 2 N–H and O–H groups in total. The monoisotopic (exact) mass is 262 g/mol. The molecule has 3 nitrogen and oxygen atoms in total. The summed E-state index contributed by atoms with van der Waals surface area (Å²) in [5.41, 5.74) is 8.32. The Bertz CT molecular complexity index is 375. The third-order valence-corrected chi connectivity index (χ3v) is 3.79. The van der Waals surface area contributed by atoms with Crippen LogP contribution in [0.1, 0.15) is 31.2 Å². The molecule has 2 rings (SSSR count). The number of para-hydroxylation sites is 1. The van der Waals surface area contributed by atoms with Crippen molar-refractivity contribution in [2.45, 2.75) is 38.7 Å². The van der Waals surface area contributed by atoms with Gasteiger partial charge in [-0.2, -0.15) is 0 Å². The van der Waals surface area contributed by atoms with Gasteiger partial charge < -0.3 is 15.4 Å². The molecule has 1 saturated heterocycles. The molecular formula is C16H26N2O. The largest absolute Gasteiger partial charge is 0.376 e. The van der Waals surface area contributed by atoms with Crippen LogP contribution in [0.25, 0.3) is 0 Å². The van der Waals surface area contributed by atoms with Crippen molar-refractivity contribution in [3.05, 3.63) is 29.8 Å². The highest BCUT2D eigenvalue weighted by atomic mass is 16.5. The van der Waals surface area contributed by atoms with E-state index in [0.717, 1.165) is 32.7 Å². The third kappa shape index (κ3) is 4.22. The Morgan fingerprint density at radius 1 is 1.32 bits per heavy atom. The highest BCUT2D eigenvalue weighted by molar-refractivity contribution is 5.53. The number of anilines is 1. The SMILES string of the molecule is Cc1ccccc1N(CCCN)CC1CCCCO1. The molecule has 0 amide bonds. The molecule has 1 aromatic rings. The molecule has 1 aliphatic heterocycles. The van der Waals surface area contributed by atoms with Gasteiger partial charge in [0.15, 0.2) is 0 Å². The summed E-state index contributed by atoms with van der Waals surface area (Å²) in [6.07, 6.45) is 5.10. The Kier molecular flexibility index (Phi) is 5.67. The van der Waals surface area contributed by atoms with Crippen molar-refractivity contribution >= 4 is 5.69 Å². The molecule has 0 saturated carbocycles. The minimum Gasteiger partial charge on any atom is -0.376 e. The zero-order chi connectivity index (χ0) is 13.5. The molecule has 106 valence electrons. The Hall–Kier alpha value is -1.06. The fourth-order valence-corrected chi connectivity index (χ4v) is 2.71. The quantitative estimate of drug-likeness (QED) is 0.856. The van der Waals surface area contributed by atoms with Crippen LogP contribution in [0.4, 0.5) is 5.69 Å². The summed E-state index contributed by atoms with van der Waals surface area (Å²) < 4.78 is 5.88. The van der Waals surface area contributed by atoms with Crippen LogP contribution >= 0.6 is 0 Å². The average Bonchev–Trinajstić information content (AvgIpc) is 2.45. The van der Waals surface area contributed by atoms with E-state index in [4.69, 9.17) is 10.5 Å². The van der Waals surface area contributed by atoms with Crippen LogP contribution < -0.4 is 10.6 Å². The van der Waals surface area contributed by atoms with Crippen molar-refractivity contribution in [1.82, 2.24) is 0 Å². The number of nitrogens with two attached hydrogens (primary N) is 1. The minimum atomic E-state index is 0.381. The van der Waals surface area contributed by atoms with Crippen molar-refractivity contribution in [1.29, 1.82) is 0 Å². The molecule has 0 aromatic heterocycles. The second-order valence-electron chi connectivity index (χ2n) is 5.36. The third-order valence-electron chi connectivity index (χ3n) is 3.79. The van der Waals surface area contributed by atoms with E-state index in [-0.39, 0.29) is 0 Å². The van der Waals surface area contributed by atoms with Gasteiger partial charge in [0.25, 0.3) is 0 Å². The molecule has 1 fully saturated rings. The van der Waals surface area contributed by atoms with Gasteiger partial charge in [-0.15, -0.1) is 0 Å². The topological polar surface area (TPSA) is 38.5 Å². The van der Waals surface area contributed by atoms with E-state index >= 15 is 0 Å². The molecule has 0 bridgehead atoms. The number of nitrogens with zero attached hydrogens (tertiary/aromatic N) is 1. The van der Waals surface area contributed by atoms with Gasteiger partial charge in [-0.05, 0) is 50.8 Å². The van der Waals surface area contributed by atoms with E-state index in [1.807, 2.05) is 0 Å². The van der Waals surface area contributed by atoms with Crippen LogP contribution in [0.15, 0.2) is 24.3 Å². The minimum absolute atomic E-state index is 0.381. The number of ether oxygens (including phenoxy) is 1. The van der Waals surface area contributed by atoms with Gasteiger partial charge in [0.05, 0.1) is 6.10 Å². The summed E-state index contributed by atoms with van der Waals surface area (Å²) in [5, 5.41) is 0. The second kappa shape index (κ2) is 7.51. The lowest BCUT2D eigenvalue weighted by atomic mass is 10.1. The first kappa shape index (κ1) is 14.4. The van der Waals surface area contributed by atoms with Gasteiger partial charge in [0.2, 0.25) is 0 Å². The van der Waals surface area contributed by atoms with E-state index in [2.05, 4.69) is 36.1 Å². The van der Waals surface area contributed by atoms with Crippen molar-refractivity contribution < 1.29 is 4.74 Å². The maximum atomic E-state index is 5.88. The van der Waals surface area contributed by atoms with Crippen LogP contribution in [0.3, 0.4) is 0 Å². The molecule has 0 spiro atoms. The first-order chi connectivity index (χ1) is 9.31. The number of aryl methyl sites for hydroxylation is 1. The highest BCUT2D eigenvalue weighted by Gasteiger charge is 2.18. The summed E-state index contributed by atoms with van der Waals surface area (Å²) in [6, 6.07) is 8.58. The lowest BCUT2D eigenvalue weighted by Crippen LogP contribution is -2.37. The number of benzene rings is 1. The molecule has 1 heterocycles. The summed E-state index contributed by atoms with van der Waals surface area (Å²) in [7, 11) is 0. The van der Waals surface area contributed by atoms with Crippen molar-refractivity contribution in [3.8, 4) is 0 Å². The highest BCUT2D eigenvalue weighted by Crippen LogP contribution is 2.22. The maximum absolute atomic E-state index is 5.88. The van der Waals surface area contributed by atoms with E-state index in [1.165, 1.54) is 30.5 Å². The average molecular weight is 262 g/mol. The zero-order valence-corrected chi connectivity index (χ0v) is 12.0. The molecule has 1 atom stereocenters. The lowest BCUT2D eigenvalue weighted by Gasteiger charge is -2.32. The summed E-state index contributed by atoms with van der Waals surface area (Å²) in [5.74, 6) is 0. The van der Waals surface area contributed by atoms with Gasteiger partial charge in [0, 0.05) is 25.4 Å². The van der Waals surface area contributed by atoms with E-state index in [0.29, 0.717) is 6.10 Å². The molecule has 0 radical (unpaired) electrons. The van der Waals surface area contributed by atoms with Crippen LogP contribution in [0, 0.1) is 6.92 Å². The van der Waals surface area contributed by atoms with Gasteiger partial charge >= 0.3 is 0 Å². The number of hydrogen-bond acceptors (Lipinski definition) is 3. The van der Waals surface area contributed by atoms with Crippen LogP contribution in [0.2, 0.25) is 0 Å². The Labute approximate surface area is 116 Å². The number of rotatable bonds is 6. The molecular weight excluding hydrogens is 236 g/mol. The molecule has 3 heteroatoms. The molecule has 1 aliphatic rings. The molecule has 1 unspecified atom stereocenters. The molecule has 19 heavy (non-hydrogen) atoms. The predicted octanol–water partition coefficient (Wildman–Crippen LogP) is 2.72. The number of hydrogen-bond donors (Lipinski definition) is 1. The first-order valence-corrected chi connectivity index (χ1v) is 7.43. The molecule has 0 aliphatic carbocycles. The van der Waals surface area contributed by atoms with Crippen molar-refractivity contribution in [2.24, 2.45) is 5.73 Å². The fourth-order valence-electron chi connectivity index (χ4n) is 2.71. The first-order valence-electron chi connectivity index (χ1n) is 7.43. The predicted molar refractivity (Wildman–Crippen MR) is 80.7 cm³/mol. The standard InChI is InChI=1S/C16H26N2O/c1-14-7-2-3-9-16(14)18(11-6-10-17)13-15-8-4-5-12-19-15/h2-3,7,9,15H,4-6,8,10-13,17H2,1H3. The Morgan fingerprint density at radius 3 is 2.84 bits per heavy atom.